The van der Waals surface area contributed by atoms with Crippen molar-refractivity contribution < 1.29 is 18.8 Å². The Morgan fingerprint density at radius 1 is 1.19 bits per heavy atom. The molecule has 1 fully saturated rings. The highest BCUT2D eigenvalue weighted by Gasteiger charge is 2.28. The summed E-state index contributed by atoms with van der Waals surface area (Å²) >= 11 is 0. The van der Waals surface area contributed by atoms with Crippen molar-refractivity contribution in [1.82, 2.24) is 20.4 Å². The van der Waals surface area contributed by atoms with Crippen LogP contribution in [0.1, 0.15) is 41.1 Å². The van der Waals surface area contributed by atoms with Crippen LogP contribution < -0.4 is 10.6 Å². The van der Waals surface area contributed by atoms with Crippen molar-refractivity contribution in [2.24, 2.45) is 5.92 Å². The van der Waals surface area contributed by atoms with Crippen LogP contribution >= 0.6 is 0 Å². The van der Waals surface area contributed by atoms with Gasteiger partial charge in [-0.2, -0.15) is 4.98 Å². The maximum absolute atomic E-state index is 13.1. The molecule has 9 heteroatoms. The molecule has 1 aliphatic rings. The minimum Gasteiger partial charge on any atom is -0.385 e. The van der Waals surface area contributed by atoms with Gasteiger partial charge in [-0.25, -0.2) is 0 Å². The molecule has 36 heavy (non-hydrogen) atoms. The van der Waals surface area contributed by atoms with Gasteiger partial charge < -0.3 is 19.9 Å². The van der Waals surface area contributed by atoms with E-state index in [1.807, 2.05) is 37.3 Å². The van der Waals surface area contributed by atoms with Gasteiger partial charge >= 0.3 is 0 Å². The molecule has 4 rings (SSSR count). The van der Waals surface area contributed by atoms with Crippen LogP contribution in [0.3, 0.4) is 0 Å². The second kappa shape index (κ2) is 12.4. The number of piperidine rings is 1. The van der Waals surface area contributed by atoms with Crippen molar-refractivity contribution in [2.75, 3.05) is 38.7 Å². The van der Waals surface area contributed by atoms with Crippen LogP contribution in [0.5, 0.6) is 0 Å². The molecule has 2 heterocycles. The largest absolute Gasteiger partial charge is 0.385 e. The van der Waals surface area contributed by atoms with Crippen LogP contribution in [-0.2, 0) is 16.1 Å². The first kappa shape index (κ1) is 25.5. The fourth-order valence-electron chi connectivity index (χ4n) is 4.36. The summed E-state index contributed by atoms with van der Waals surface area (Å²) in [6, 6.07) is 15.1. The Hall–Kier alpha value is -3.56. The molecule has 1 unspecified atom stereocenters. The van der Waals surface area contributed by atoms with Crippen molar-refractivity contribution in [3.63, 3.8) is 0 Å². The van der Waals surface area contributed by atoms with Crippen molar-refractivity contribution in [3.8, 4) is 11.4 Å². The lowest BCUT2D eigenvalue weighted by Crippen LogP contribution is -2.40. The molecule has 1 saturated heterocycles. The Morgan fingerprint density at radius 2 is 2.06 bits per heavy atom. The van der Waals surface area contributed by atoms with Gasteiger partial charge in [0.1, 0.15) is 0 Å². The lowest BCUT2D eigenvalue weighted by Gasteiger charge is -2.31. The molecular formula is C27H33N5O4. The predicted molar refractivity (Wildman–Crippen MR) is 136 cm³/mol. The van der Waals surface area contributed by atoms with Gasteiger partial charge in [0.05, 0.1) is 23.7 Å². The molecule has 9 nitrogen and oxygen atoms in total. The smallest absolute Gasteiger partial charge is 0.253 e. The summed E-state index contributed by atoms with van der Waals surface area (Å²) in [7, 11) is 1.63. The quantitative estimate of drug-likeness (QED) is 0.417. The lowest BCUT2D eigenvalue weighted by atomic mass is 9.96. The Morgan fingerprint density at radius 3 is 2.89 bits per heavy atom. The average Bonchev–Trinajstić information content (AvgIpc) is 3.35. The second-order valence-corrected chi connectivity index (χ2v) is 9.09. The third kappa shape index (κ3) is 6.77. The van der Waals surface area contributed by atoms with E-state index in [2.05, 4.69) is 25.7 Å². The molecule has 1 atom stereocenters. The summed E-state index contributed by atoms with van der Waals surface area (Å²) in [5.41, 5.74) is 3.02. The molecule has 2 aromatic carbocycles. The number of ether oxygens (including phenoxy) is 1. The third-order valence-corrected chi connectivity index (χ3v) is 6.22. The molecular weight excluding hydrogens is 458 g/mol. The van der Waals surface area contributed by atoms with Gasteiger partial charge in [-0.05, 0) is 50.9 Å². The molecule has 1 aromatic heterocycles. The van der Waals surface area contributed by atoms with Crippen molar-refractivity contribution in [3.05, 3.63) is 65.5 Å². The summed E-state index contributed by atoms with van der Waals surface area (Å²) in [5, 5.41) is 9.98. The number of hydrogen-bond donors (Lipinski definition) is 2. The van der Waals surface area contributed by atoms with Gasteiger partial charge in [-0.15, -0.1) is 0 Å². The number of rotatable bonds is 10. The highest BCUT2D eigenvalue weighted by molar-refractivity contribution is 6.04. The Balaban J connectivity index is 1.34. The van der Waals surface area contributed by atoms with Gasteiger partial charge in [0.15, 0.2) is 0 Å². The number of para-hydroxylation sites is 1. The number of methoxy groups -OCH3 is 1. The number of carbonyl (C=O) groups is 2. The summed E-state index contributed by atoms with van der Waals surface area (Å²) in [5.74, 6) is 0.592. The van der Waals surface area contributed by atoms with E-state index in [-0.39, 0.29) is 17.7 Å². The number of hydrogen-bond acceptors (Lipinski definition) is 7. The number of aryl methyl sites for hydroxylation is 1. The first-order valence-electron chi connectivity index (χ1n) is 12.3. The highest BCUT2D eigenvalue weighted by atomic mass is 16.5. The zero-order valence-electron chi connectivity index (χ0n) is 20.8. The summed E-state index contributed by atoms with van der Waals surface area (Å²) in [6.07, 6.45) is 2.39. The zero-order valence-corrected chi connectivity index (χ0v) is 20.8. The van der Waals surface area contributed by atoms with Gasteiger partial charge in [0.25, 0.3) is 5.91 Å². The first-order chi connectivity index (χ1) is 17.5. The Labute approximate surface area is 211 Å². The fraction of sp³-hybridized carbons (Fsp3) is 0.407. The van der Waals surface area contributed by atoms with Crippen molar-refractivity contribution >= 4 is 17.5 Å². The zero-order chi connectivity index (χ0) is 25.3. The topological polar surface area (TPSA) is 110 Å². The molecule has 1 aliphatic heterocycles. The van der Waals surface area contributed by atoms with Crippen molar-refractivity contribution in [1.29, 1.82) is 0 Å². The van der Waals surface area contributed by atoms with Gasteiger partial charge in [0, 0.05) is 32.4 Å². The Kier molecular flexibility index (Phi) is 8.80. The second-order valence-electron chi connectivity index (χ2n) is 9.09. The van der Waals surface area contributed by atoms with E-state index in [1.54, 1.807) is 25.3 Å². The van der Waals surface area contributed by atoms with E-state index >= 15 is 0 Å². The Bertz CT molecular complexity index is 1180. The third-order valence-electron chi connectivity index (χ3n) is 6.22. The average molecular weight is 492 g/mol. The number of amides is 2. The molecule has 0 bridgehead atoms. The SMILES string of the molecule is COCCCNC(=O)c1ccccc1NC(=O)C1CCCN(Cc2nc(-c3cccc(C)c3)no2)C1. The van der Waals surface area contributed by atoms with E-state index in [4.69, 9.17) is 9.26 Å². The molecule has 0 saturated carbocycles. The number of carbonyl (C=O) groups excluding carboxylic acids is 2. The van der Waals surface area contributed by atoms with E-state index in [0.717, 1.165) is 36.9 Å². The normalized spacial score (nSPS) is 16.0. The molecule has 2 N–H and O–H groups in total. The van der Waals surface area contributed by atoms with E-state index in [1.165, 1.54) is 0 Å². The van der Waals surface area contributed by atoms with Gasteiger partial charge in [0.2, 0.25) is 17.6 Å². The standard InChI is InChI=1S/C27H33N5O4/c1-19-8-5-9-20(16-19)25-30-24(36-31-25)18-32-14-6-10-21(17-32)26(33)29-23-12-4-3-11-22(23)27(34)28-13-7-15-35-2/h3-5,8-9,11-12,16,21H,6-7,10,13-15,17-18H2,1-2H3,(H,28,34)(H,29,33). The number of aromatic nitrogens is 2. The maximum atomic E-state index is 13.1. The molecule has 0 radical (unpaired) electrons. The monoisotopic (exact) mass is 491 g/mol. The molecule has 2 amide bonds. The van der Waals surface area contributed by atoms with Crippen molar-refractivity contribution in [2.45, 2.75) is 32.7 Å². The van der Waals surface area contributed by atoms with E-state index in [9.17, 15) is 9.59 Å². The first-order valence-corrected chi connectivity index (χ1v) is 12.3. The van der Waals surface area contributed by atoms with Gasteiger partial charge in [-0.3, -0.25) is 14.5 Å². The van der Waals surface area contributed by atoms with Crippen LogP contribution in [0, 0.1) is 12.8 Å². The molecule has 0 aliphatic carbocycles. The predicted octanol–water partition coefficient (Wildman–Crippen LogP) is 3.66. The summed E-state index contributed by atoms with van der Waals surface area (Å²) in [6.45, 7) is 5.04. The molecule has 3 aromatic rings. The summed E-state index contributed by atoms with van der Waals surface area (Å²) < 4.78 is 10.5. The minimum atomic E-state index is -0.215. The van der Waals surface area contributed by atoms with Crippen LogP contribution in [0.25, 0.3) is 11.4 Å². The van der Waals surface area contributed by atoms with Crippen LogP contribution in [0.4, 0.5) is 5.69 Å². The van der Waals surface area contributed by atoms with Crippen LogP contribution in [0.15, 0.2) is 53.1 Å². The maximum Gasteiger partial charge on any atom is 0.253 e. The minimum absolute atomic E-state index is 0.0923. The number of nitrogens with one attached hydrogen (secondary N) is 2. The van der Waals surface area contributed by atoms with E-state index in [0.29, 0.717) is 49.2 Å². The molecule has 190 valence electrons. The highest BCUT2D eigenvalue weighted by Crippen LogP contribution is 2.23. The number of likely N-dealkylation sites (tertiary alicyclic amines) is 1. The molecule has 0 spiro atoms. The summed E-state index contributed by atoms with van der Waals surface area (Å²) in [4.78, 5) is 32.5. The fourth-order valence-corrected chi connectivity index (χ4v) is 4.36. The number of benzene rings is 2. The van der Waals surface area contributed by atoms with Crippen LogP contribution in [-0.4, -0.2) is 60.2 Å². The number of nitrogens with zero attached hydrogens (tertiary/aromatic N) is 3. The van der Waals surface area contributed by atoms with Crippen LogP contribution in [0.2, 0.25) is 0 Å². The number of anilines is 1. The van der Waals surface area contributed by atoms with E-state index < -0.39 is 0 Å². The lowest BCUT2D eigenvalue weighted by molar-refractivity contribution is -0.121. The van der Waals surface area contributed by atoms with Gasteiger partial charge in [-0.1, -0.05) is 41.1 Å².